The van der Waals surface area contributed by atoms with Crippen LogP contribution in [0.5, 0.6) is 0 Å². The van der Waals surface area contributed by atoms with Gasteiger partial charge in [0.2, 0.25) is 17.7 Å². The van der Waals surface area contributed by atoms with Gasteiger partial charge in [-0.25, -0.2) is 0 Å². The number of piperidine rings is 1. The lowest BCUT2D eigenvalue weighted by molar-refractivity contribution is -0.135. The second-order valence-electron chi connectivity index (χ2n) is 7.83. The first-order valence-electron chi connectivity index (χ1n) is 10.6. The summed E-state index contributed by atoms with van der Waals surface area (Å²) in [7, 11) is 0. The zero-order chi connectivity index (χ0) is 20.5. The summed E-state index contributed by atoms with van der Waals surface area (Å²) in [6.45, 7) is 2.24. The summed E-state index contributed by atoms with van der Waals surface area (Å²) in [4.78, 5) is 41.5. The Kier molecular flexibility index (Phi) is 7.78. The maximum atomic E-state index is 12.4. The Labute approximate surface area is 171 Å². The number of nitrogens with zero attached hydrogens (tertiary/aromatic N) is 2. The Hall–Kier alpha value is -2.70. The monoisotopic (exact) mass is 398 g/mol. The van der Waals surface area contributed by atoms with E-state index >= 15 is 0 Å². The molecule has 2 saturated heterocycles. The lowest BCUT2D eigenvalue weighted by atomic mass is 9.91. The fraction of sp³-hybridized carbons (Fsp3) is 0.545. The Bertz CT molecular complexity index is 727. The third-order valence-corrected chi connectivity index (χ3v) is 5.67. The zero-order valence-corrected chi connectivity index (χ0v) is 16.8. The number of aromatic nitrogens is 1. The first-order chi connectivity index (χ1) is 14.1. The standard InChI is InChI=1S/C22H30N4O3/c27-20(8-6-18-5-3-12-23-16-18)24-13-2-1-4-17-10-14-26(15-11-17)22(29)19-7-9-21(28)25-19/h3,5-6,8,12,16-17,19H,1-2,4,7,9-11,13-15H2,(H,24,27)(H,25,28)/b8-6+. The molecule has 156 valence electrons. The summed E-state index contributed by atoms with van der Waals surface area (Å²) in [5, 5.41) is 5.68. The number of carbonyl (C=O) groups is 3. The number of hydrogen-bond donors (Lipinski definition) is 2. The highest BCUT2D eigenvalue weighted by atomic mass is 16.2. The molecule has 1 aromatic heterocycles. The SMILES string of the molecule is O=C(/C=C/c1cccnc1)NCCCCC1CCN(C(=O)C2CCC(=O)N2)CC1. The molecule has 3 rings (SSSR count). The van der Waals surface area contributed by atoms with Crippen molar-refractivity contribution in [2.75, 3.05) is 19.6 Å². The van der Waals surface area contributed by atoms with Crippen LogP contribution in [0.4, 0.5) is 0 Å². The molecule has 7 heteroatoms. The summed E-state index contributed by atoms with van der Waals surface area (Å²) in [5.74, 6) is 0.618. The van der Waals surface area contributed by atoms with Gasteiger partial charge in [0.05, 0.1) is 0 Å². The van der Waals surface area contributed by atoms with E-state index in [9.17, 15) is 14.4 Å². The fourth-order valence-corrected chi connectivity index (χ4v) is 3.94. The molecular formula is C22H30N4O3. The van der Waals surface area contributed by atoms with Crippen LogP contribution in [0, 0.1) is 5.92 Å². The predicted molar refractivity (Wildman–Crippen MR) is 111 cm³/mol. The maximum absolute atomic E-state index is 12.4. The molecule has 29 heavy (non-hydrogen) atoms. The Balaban J connectivity index is 1.24. The van der Waals surface area contributed by atoms with Gasteiger partial charge in [-0.1, -0.05) is 18.9 Å². The van der Waals surface area contributed by atoms with E-state index in [1.165, 1.54) is 6.08 Å². The van der Waals surface area contributed by atoms with Crippen molar-refractivity contribution in [3.8, 4) is 0 Å². The van der Waals surface area contributed by atoms with Crippen molar-refractivity contribution >= 4 is 23.8 Å². The van der Waals surface area contributed by atoms with Crippen LogP contribution in [0.3, 0.4) is 0 Å². The predicted octanol–water partition coefficient (Wildman–Crippen LogP) is 1.90. The van der Waals surface area contributed by atoms with Crippen LogP contribution in [0.15, 0.2) is 30.6 Å². The lowest BCUT2D eigenvalue weighted by Gasteiger charge is -2.33. The molecule has 0 aromatic carbocycles. The summed E-state index contributed by atoms with van der Waals surface area (Å²) >= 11 is 0. The average molecular weight is 399 g/mol. The normalized spacial score (nSPS) is 20.1. The fourth-order valence-electron chi connectivity index (χ4n) is 3.94. The van der Waals surface area contributed by atoms with Gasteiger partial charge >= 0.3 is 0 Å². The number of hydrogen-bond acceptors (Lipinski definition) is 4. The topological polar surface area (TPSA) is 91.4 Å². The van der Waals surface area contributed by atoms with E-state index in [-0.39, 0.29) is 23.8 Å². The van der Waals surface area contributed by atoms with E-state index in [4.69, 9.17) is 0 Å². The minimum atomic E-state index is -0.310. The summed E-state index contributed by atoms with van der Waals surface area (Å²) in [6.07, 6.45) is 13.0. The number of unbranched alkanes of at least 4 members (excludes halogenated alkanes) is 1. The number of carbonyl (C=O) groups excluding carboxylic acids is 3. The first kappa shape index (κ1) is 21.0. The largest absolute Gasteiger partial charge is 0.353 e. The number of likely N-dealkylation sites (tertiary alicyclic amines) is 1. The van der Waals surface area contributed by atoms with Crippen LogP contribution >= 0.6 is 0 Å². The zero-order valence-electron chi connectivity index (χ0n) is 16.8. The van der Waals surface area contributed by atoms with Crippen LogP contribution in [-0.4, -0.2) is 53.3 Å². The van der Waals surface area contributed by atoms with E-state index in [1.807, 2.05) is 17.0 Å². The molecule has 2 fully saturated rings. The van der Waals surface area contributed by atoms with Crippen molar-refractivity contribution in [1.29, 1.82) is 0 Å². The number of pyridine rings is 1. The molecule has 1 unspecified atom stereocenters. The van der Waals surface area contributed by atoms with Gasteiger partial charge in [0.15, 0.2) is 0 Å². The van der Waals surface area contributed by atoms with Crippen LogP contribution in [0.2, 0.25) is 0 Å². The molecule has 1 atom stereocenters. The average Bonchev–Trinajstić information content (AvgIpc) is 3.19. The third-order valence-electron chi connectivity index (χ3n) is 5.67. The maximum Gasteiger partial charge on any atom is 0.245 e. The first-order valence-corrected chi connectivity index (χ1v) is 10.6. The molecule has 2 aliphatic heterocycles. The van der Waals surface area contributed by atoms with Gasteiger partial charge in [-0.15, -0.1) is 0 Å². The molecule has 0 saturated carbocycles. The second kappa shape index (κ2) is 10.7. The van der Waals surface area contributed by atoms with Gasteiger partial charge in [0.1, 0.15) is 6.04 Å². The highest BCUT2D eigenvalue weighted by molar-refractivity contribution is 5.91. The van der Waals surface area contributed by atoms with Gasteiger partial charge in [0, 0.05) is 44.5 Å². The molecule has 3 heterocycles. The van der Waals surface area contributed by atoms with Crippen molar-refractivity contribution < 1.29 is 14.4 Å². The van der Waals surface area contributed by atoms with E-state index in [0.717, 1.165) is 50.8 Å². The second-order valence-corrected chi connectivity index (χ2v) is 7.83. The highest BCUT2D eigenvalue weighted by Crippen LogP contribution is 2.23. The summed E-state index contributed by atoms with van der Waals surface area (Å²) in [6, 6.07) is 3.43. The van der Waals surface area contributed by atoms with Gasteiger partial charge in [0.25, 0.3) is 0 Å². The van der Waals surface area contributed by atoms with E-state index in [0.29, 0.717) is 25.3 Å². The molecule has 7 nitrogen and oxygen atoms in total. The minimum absolute atomic E-state index is 0.0158. The summed E-state index contributed by atoms with van der Waals surface area (Å²) in [5.41, 5.74) is 0.905. The molecule has 0 radical (unpaired) electrons. The molecule has 1 aromatic rings. The Morgan fingerprint density at radius 1 is 1.24 bits per heavy atom. The highest BCUT2D eigenvalue weighted by Gasteiger charge is 2.32. The smallest absolute Gasteiger partial charge is 0.245 e. The van der Waals surface area contributed by atoms with Crippen LogP contribution in [0.1, 0.15) is 50.5 Å². The van der Waals surface area contributed by atoms with E-state index in [1.54, 1.807) is 18.5 Å². The van der Waals surface area contributed by atoms with Gasteiger partial charge < -0.3 is 15.5 Å². The molecule has 3 amide bonds. The molecule has 2 N–H and O–H groups in total. The molecule has 0 bridgehead atoms. The third kappa shape index (κ3) is 6.69. The quantitative estimate of drug-likeness (QED) is 0.517. The van der Waals surface area contributed by atoms with Gasteiger partial charge in [-0.05, 0) is 49.3 Å². The number of rotatable bonds is 8. The van der Waals surface area contributed by atoms with Gasteiger partial charge in [-0.3, -0.25) is 19.4 Å². The molecule has 0 spiro atoms. The minimum Gasteiger partial charge on any atom is -0.353 e. The van der Waals surface area contributed by atoms with Crippen molar-refractivity contribution in [2.45, 2.75) is 51.0 Å². The Morgan fingerprint density at radius 3 is 2.76 bits per heavy atom. The molecule has 2 aliphatic rings. The molecular weight excluding hydrogens is 368 g/mol. The van der Waals surface area contributed by atoms with Crippen LogP contribution in [-0.2, 0) is 14.4 Å². The molecule has 0 aliphatic carbocycles. The van der Waals surface area contributed by atoms with Crippen molar-refractivity contribution in [1.82, 2.24) is 20.5 Å². The van der Waals surface area contributed by atoms with Crippen molar-refractivity contribution in [2.24, 2.45) is 5.92 Å². The number of nitrogens with one attached hydrogen (secondary N) is 2. The van der Waals surface area contributed by atoms with Crippen LogP contribution in [0.25, 0.3) is 6.08 Å². The Morgan fingerprint density at radius 2 is 2.07 bits per heavy atom. The van der Waals surface area contributed by atoms with Crippen LogP contribution < -0.4 is 10.6 Å². The summed E-state index contributed by atoms with van der Waals surface area (Å²) < 4.78 is 0. The number of amides is 3. The van der Waals surface area contributed by atoms with E-state index < -0.39 is 0 Å². The lowest BCUT2D eigenvalue weighted by Crippen LogP contribution is -2.47. The van der Waals surface area contributed by atoms with Gasteiger partial charge in [-0.2, -0.15) is 0 Å². The van der Waals surface area contributed by atoms with Crippen molar-refractivity contribution in [3.05, 3.63) is 36.2 Å². The van der Waals surface area contributed by atoms with Crippen molar-refractivity contribution in [3.63, 3.8) is 0 Å². The van der Waals surface area contributed by atoms with E-state index in [2.05, 4.69) is 15.6 Å².